The summed E-state index contributed by atoms with van der Waals surface area (Å²) < 4.78 is 6.01. The molecule has 0 aromatic carbocycles. The maximum Gasteiger partial charge on any atom is 0.0999 e. The van der Waals surface area contributed by atoms with Gasteiger partial charge in [0.25, 0.3) is 0 Å². The molecule has 0 saturated carbocycles. The monoisotopic (exact) mass is 212 g/mol. The average molecular weight is 212 g/mol. The summed E-state index contributed by atoms with van der Waals surface area (Å²) in [5.74, 6) is 0. The molecule has 0 aliphatic carbocycles. The molecule has 3 heteroatoms. The number of nitrogens with zero attached hydrogens (tertiary/aromatic N) is 2. The van der Waals surface area contributed by atoms with Gasteiger partial charge in [-0.05, 0) is 33.2 Å². The van der Waals surface area contributed by atoms with Gasteiger partial charge in [-0.1, -0.05) is 6.92 Å². The van der Waals surface area contributed by atoms with Gasteiger partial charge in [0.2, 0.25) is 0 Å². The molecule has 0 aromatic rings. The topological polar surface area (TPSA) is 15.7 Å². The molecule has 0 atom stereocenters. The van der Waals surface area contributed by atoms with Crippen LogP contribution in [-0.2, 0) is 4.74 Å². The quantitative estimate of drug-likeness (QED) is 0.690. The molecule has 15 heavy (non-hydrogen) atoms. The fourth-order valence-corrected chi connectivity index (χ4v) is 2.68. The van der Waals surface area contributed by atoms with E-state index in [1.165, 1.54) is 25.9 Å². The second kappa shape index (κ2) is 4.40. The Bertz CT molecular complexity index is 210. The molecule has 2 fully saturated rings. The number of ether oxygens (including phenoxy) is 1. The summed E-state index contributed by atoms with van der Waals surface area (Å²) >= 11 is 0. The van der Waals surface area contributed by atoms with E-state index in [-0.39, 0.29) is 5.60 Å². The molecule has 2 rings (SSSR count). The van der Waals surface area contributed by atoms with E-state index in [0.29, 0.717) is 6.04 Å². The van der Waals surface area contributed by atoms with Gasteiger partial charge in [0, 0.05) is 25.7 Å². The summed E-state index contributed by atoms with van der Waals surface area (Å²) in [4.78, 5) is 4.97. The van der Waals surface area contributed by atoms with E-state index in [0.717, 1.165) is 19.8 Å². The second-order valence-corrected chi connectivity index (χ2v) is 5.23. The lowest BCUT2D eigenvalue weighted by Crippen LogP contribution is -2.48. The maximum absolute atomic E-state index is 6.01. The van der Waals surface area contributed by atoms with Crippen LogP contribution in [0.15, 0.2) is 0 Å². The molecular weight excluding hydrogens is 188 g/mol. The third kappa shape index (κ3) is 2.35. The first-order valence-electron chi connectivity index (χ1n) is 6.25. The van der Waals surface area contributed by atoms with E-state index in [1.54, 1.807) is 0 Å². The Morgan fingerprint density at radius 2 is 1.93 bits per heavy atom. The normalized spacial score (nSPS) is 28.0. The summed E-state index contributed by atoms with van der Waals surface area (Å²) in [6, 6.07) is 0.686. The fourth-order valence-electron chi connectivity index (χ4n) is 2.68. The Hall–Kier alpha value is -0.120. The molecule has 3 nitrogen and oxygen atoms in total. The molecule has 2 saturated heterocycles. The Morgan fingerprint density at radius 1 is 1.27 bits per heavy atom. The van der Waals surface area contributed by atoms with E-state index >= 15 is 0 Å². The SMILES string of the molecule is CCN1COC2(CCN(C(C)C)CC2)C1. The third-order valence-electron chi connectivity index (χ3n) is 3.95. The van der Waals surface area contributed by atoms with Crippen LogP contribution in [0, 0.1) is 0 Å². The largest absolute Gasteiger partial charge is 0.358 e. The first-order valence-corrected chi connectivity index (χ1v) is 6.25. The maximum atomic E-state index is 6.01. The zero-order chi connectivity index (χ0) is 10.9. The van der Waals surface area contributed by atoms with Crippen LogP contribution in [0.25, 0.3) is 0 Å². The summed E-state index contributed by atoms with van der Waals surface area (Å²) in [6.45, 7) is 12.3. The highest BCUT2D eigenvalue weighted by molar-refractivity contribution is 4.93. The van der Waals surface area contributed by atoms with Crippen molar-refractivity contribution < 1.29 is 4.74 Å². The smallest absolute Gasteiger partial charge is 0.0999 e. The first kappa shape index (κ1) is 11.4. The van der Waals surface area contributed by atoms with Crippen molar-refractivity contribution in [2.45, 2.75) is 45.3 Å². The molecule has 88 valence electrons. The lowest BCUT2D eigenvalue weighted by molar-refractivity contribution is -0.0440. The summed E-state index contributed by atoms with van der Waals surface area (Å²) in [5, 5.41) is 0. The van der Waals surface area contributed by atoms with Crippen molar-refractivity contribution in [1.29, 1.82) is 0 Å². The predicted octanol–water partition coefficient (Wildman–Crippen LogP) is 1.54. The van der Waals surface area contributed by atoms with Crippen molar-refractivity contribution in [3.05, 3.63) is 0 Å². The van der Waals surface area contributed by atoms with Crippen molar-refractivity contribution in [1.82, 2.24) is 9.80 Å². The van der Waals surface area contributed by atoms with Gasteiger partial charge >= 0.3 is 0 Å². The van der Waals surface area contributed by atoms with Crippen LogP contribution in [0.2, 0.25) is 0 Å². The molecule has 0 N–H and O–H groups in total. The summed E-state index contributed by atoms with van der Waals surface area (Å²) in [5.41, 5.74) is 0.196. The number of piperidine rings is 1. The highest BCUT2D eigenvalue weighted by Crippen LogP contribution is 2.32. The van der Waals surface area contributed by atoms with Crippen molar-refractivity contribution in [2.24, 2.45) is 0 Å². The van der Waals surface area contributed by atoms with Crippen LogP contribution < -0.4 is 0 Å². The number of hydrogen-bond donors (Lipinski definition) is 0. The Balaban J connectivity index is 1.87. The lowest BCUT2D eigenvalue weighted by Gasteiger charge is -2.40. The second-order valence-electron chi connectivity index (χ2n) is 5.23. The first-order chi connectivity index (χ1) is 7.15. The van der Waals surface area contributed by atoms with Crippen LogP contribution in [-0.4, -0.2) is 54.4 Å². The van der Waals surface area contributed by atoms with Gasteiger partial charge in [0.15, 0.2) is 0 Å². The molecule has 0 aromatic heterocycles. The minimum absolute atomic E-state index is 0.196. The molecule has 2 aliphatic heterocycles. The van der Waals surface area contributed by atoms with Crippen molar-refractivity contribution >= 4 is 0 Å². The van der Waals surface area contributed by atoms with Crippen LogP contribution in [0.4, 0.5) is 0 Å². The fraction of sp³-hybridized carbons (Fsp3) is 1.00. The van der Waals surface area contributed by atoms with E-state index in [9.17, 15) is 0 Å². The zero-order valence-electron chi connectivity index (χ0n) is 10.3. The highest BCUT2D eigenvalue weighted by atomic mass is 16.5. The van der Waals surface area contributed by atoms with Crippen molar-refractivity contribution in [2.75, 3.05) is 32.9 Å². The van der Waals surface area contributed by atoms with E-state index in [4.69, 9.17) is 4.74 Å². The molecule has 0 radical (unpaired) electrons. The number of rotatable bonds is 2. The predicted molar refractivity (Wildman–Crippen MR) is 61.9 cm³/mol. The number of likely N-dealkylation sites (N-methyl/N-ethyl adjacent to an activating group) is 1. The van der Waals surface area contributed by atoms with Crippen LogP contribution >= 0.6 is 0 Å². The molecule has 0 amide bonds. The zero-order valence-corrected chi connectivity index (χ0v) is 10.3. The molecule has 0 unspecified atom stereocenters. The van der Waals surface area contributed by atoms with Crippen molar-refractivity contribution in [3.63, 3.8) is 0 Å². The minimum atomic E-state index is 0.196. The lowest BCUT2D eigenvalue weighted by atomic mass is 9.91. The van der Waals surface area contributed by atoms with Gasteiger partial charge in [0.05, 0.1) is 12.3 Å². The van der Waals surface area contributed by atoms with Crippen molar-refractivity contribution in [3.8, 4) is 0 Å². The highest BCUT2D eigenvalue weighted by Gasteiger charge is 2.41. The standard InChI is InChI=1S/C12H24N2O/c1-4-13-9-12(15-10-13)5-7-14(8-6-12)11(2)3/h11H,4-10H2,1-3H3. The van der Waals surface area contributed by atoms with Gasteiger partial charge < -0.3 is 9.64 Å². The van der Waals surface area contributed by atoms with Crippen LogP contribution in [0.1, 0.15) is 33.6 Å². The average Bonchev–Trinajstić information content (AvgIpc) is 2.62. The van der Waals surface area contributed by atoms with Gasteiger partial charge in [0.1, 0.15) is 0 Å². The van der Waals surface area contributed by atoms with Gasteiger partial charge in [-0.25, -0.2) is 0 Å². The molecule has 1 spiro atoms. The Kier molecular flexibility index (Phi) is 3.33. The molecule has 2 heterocycles. The van der Waals surface area contributed by atoms with Crippen LogP contribution in [0.3, 0.4) is 0 Å². The Morgan fingerprint density at radius 3 is 2.40 bits per heavy atom. The van der Waals surface area contributed by atoms with E-state index < -0.39 is 0 Å². The number of hydrogen-bond acceptors (Lipinski definition) is 3. The summed E-state index contributed by atoms with van der Waals surface area (Å²) in [6.07, 6.45) is 2.42. The van der Waals surface area contributed by atoms with Gasteiger partial charge in [-0.15, -0.1) is 0 Å². The van der Waals surface area contributed by atoms with Gasteiger partial charge in [-0.2, -0.15) is 0 Å². The van der Waals surface area contributed by atoms with E-state index in [1.807, 2.05) is 0 Å². The third-order valence-corrected chi connectivity index (χ3v) is 3.95. The Labute approximate surface area is 93.4 Å². The minimum Gasteiger partial charge on any atom is -0.358 e. The summed E-state index contributed by atoms with van der Waals surface area (Å²) in [7, 11) is 0. The molecule has 0 bridgehead atoms. The van der Waals surface area contributed by atoms with Gasteiger partial charge in [-0.3, -0.25) is 4.90 Å². The van der Waals surface area contributed by atoms with Crippen LogP contribution in [0.5, 0.6) is 0 Å². The number of likely N-dealkylation sites (tertiary alicyclic amines) is 1. The molecular formula is C12H24N2O. The molecule has 2 aliphatic rings. The van der Waals surface area contributed by atoms with E-state index in [2.05, 4.69) is 30.6 Å².